The molecule has 0 spiro atoms. The molecule has 0 aromatic heterocycles. The molecule has 0 aliphatic carbocycles. The van der Waals surface area contributed by atoms with Crippen LogP contribution in [0, 0.1) is 11.3 Å². The van der Waals surface area contributed by atoms with E-state index in [9.17, 15) is 4.79 Å². The van der Waals surface area contributed by atoms with Gasteiger partial charge in [0, 0.05) is 0 Å². The molecule has 0 unspecified atom stereocenters. The summed E-state index contributed by atoms with van der Waals surface area (Å²) in [5.41, 5.74) is 9.18. The van der Waals surface area contributed by atoms with Crippen molar-refractivity contribution in [2.75, 3.05) is 5.43 Å². The van der Waals surface area contributed by atoms with E-state index >= 15 is 0 Å². The van der Waals surface area contributed by atoms with Crippen molar-refractivity contribution in [2.24, 2.45) is 10.8 Å². The van der Waals surface area contributed by atoms with Gasteiger partial charge in [-0.05, 0) is 23.1 Å². The van der Waals surface area contributed by atoms with Crippen LogP contribution in [0.25, 0.3) is 0 Å². The Labute approximate surface area is 106 Å². The van der Waals surface area contributed by atoms with Gasteiger partial charge in [0.15, 0.2) is 0 Å². The number of hydrogen-bond donors (Lipinski definition) is 2. The van der Waals surface area contributed by atoms with Gasteiger partial charge in [0.2, 0.25) is 5.71 Å². The van der Waals surface area contributed by atoms with Gasteiger partial charge < -0.3 is 5.73 Å². The summed E-state index contributed by atoms with van der Waals surface area (Å²) < 4.78 is 0. The molecular formula is C13H16N4O. The number of nitrogens with one attached hydrogen (secondary N) is 1. The molecule has 0 aliphatic heterocycles. The van der Waals surface area contributed by atoms with Gasteiger partial charge in [0.05, 0.1) is 5.69 Å². The lowest BCUT2D eigenvalue weighted by molar-refractivity contribution is -0.111. The van der Waals surface area contributed by atoms with Gasteiger partial charge in [-0.25, -0.2) is 0 Å². The molecule has 5 nitrogen and oxygen atoms in total. The number of nitrogens with zero attached hydrogens (tertiary/aromatic N) is 2. The number of nitriles is 1. The quantitative estimate of drug-likeness (QED) is 0.627. The average molecular weight is 244 g/mol. The summed E-state index contributed by atoms with van der Waals surface area (Å²) >= 11 is 0. The number of hydrazone groups is 1. The minimum Gasteiger partial charge on any atom is -0.364 e. The standard InChI is InChI=1S/C13H16N4O/c1-13(2,3)9-4-6-10(7-5-9)16-17-11(8-14)12(15)18/h4-7,16H,1-3H3,(H2,15,18)/b17-11-. The smallest absolute Gasteiger partial charge is 0.280 e. The minimum atomic E-state index is -0.851. The first kappa shape index (κ1) is 13.7. The summed E-state index contributed by atoms with van der Waals surface area (Å²) in [7, 11) is 0. The number of rotatable bonds is 3. The van der Waals surface area contributed by atoms with Crippen LogP contribution in [0.15, 0.2) is 29.4 Å². The monoisotopic (exact) mass is 244 g/mol. The molecule has 0 saturated carbocycles. The van der Waals surface area contributed by atoms with Crippen LogP contribution in [0.2, 0.25) is 0 Å². The van der Waals surface area contributed by atoms with Gasteiger partial charge >= 0.3 is 0 Å². The molecule has 1 aromatic carbocycles. The van der Waals surface area contributed by atoms with Crippen LogP contribution < -0.4 is 11.2 Å². The molecule has 1 rings (SSSR count). The highest BCUT2D eigenvalue weighted by molar-refractivity contribution is 6.44. The predicted molar refractivity (Wildman–Crippen MR) is 71.0 cm³/mol. The molecular weight excluding hydrogens is 228 g/mol. The first-order valence-electron chi connectivity index (χ1n) is 5.48. The van der Waals surface area contributed by atoms with E-state index in [1.807, 2.05) is 24.3 Å². The zero-order valence-electron chi connectivity index (χ0n) is 10.7. The average Bonchev–Trinajstić information content (AvgIpc) is 2.29. The van der Waals surface area contributed by atoms with Crippen molar-refractivity contribution < 1.29 is 4.79 Å². The van der Waals surface area contributed by atoms with Crippen LogP contribution in [0.3, 0.4) is 0 Å². The van der Waals surface area contributed by atoms with Gasteiger partial charge in [0.25, 0.3) is 5.91 Å². The van der Waals surface area contributed by atoms with Gasteiger partial charge in [-0.1, -0.05) is 32.9 Å². The Morgan fingerprint density at radius 1 is 1.33 bits per heavy atom. The molecule has 1 aromatic rings. The highest BCUT2D eigenvalue weighted by Crippen LogP contribution is 2.23. The van der Waals surface area contributed by atoms with E-state index in [4.69, 9.17) is 11.0 Å². The highest BCUT2D eigenvalue weighted by Gasteiger charge is 2.12. The van der Waals surface area contributed by atoms with Crippen molar-refractivity contribution >= 4 is 17.3 Å². The predicted octanol–water partition coefficient (Wildman–Crippen LogP) is 1.76. The van der Waals surface area contributed by atoms with Gasteiger partial charge in [-0.2, -0.15) is 10.4 Å². The largest absolute Gasteiger partial charge is 0.364 e. The number of carbonyl (C=O) groups excluding carboxylic acids is 1. The summed E-state index contributed by atoms with van der Waals surface area (Å²) in [5.74, 6) is -0.851. The van der Waals surface area contributed by atoms with Crippen molar-refractivity contribution in [3.8, 4) is 6.07 Å². The fraction of sp³-hybridized carbons (Fsp3) is 0.308. The maximum atomic E-state index is 10.8. The van der Waals surface area contributed by atoms with Crippen LogP contribution >= 0.6 is 0 Å². The lowest BCUT2D eigenvalue weighted by Crippen LogP contribution is -2.22. The van der Waals surface area contributed by atoms with Crippen molar-refractivity contribution in [3.05, 3.63) is 29.8 Å². The topological polar surface area (TPSA) is 91.3 Å². The maximum absolute atomic E-state index is 10.8. The molecule has 0 atom stereocenters. The Kier molecular flexibility index (Phi) is 4.05. The third kappa shape index (κ3) is 3.59. The van der Waals surface area contributed by atoms with Crippen molar-refractivity contribution in [1.29, 1.82) is 5.26 Å². The third-order valence-corrected chi connectivity index (χ3v) is 2.39. The van der Waals surface area contributed by atoms with Crippen molar-refractivity contribution in [3.63, 3.8) is 0 Å². The van der Waals surface area contributed by atoms with E-state index in [0.717, 1.165) is 0 Å². The normalized spacial score (nSPS) is 11.8. The van der Waals surface area contributed by atoms with E-state index < -0.39 is 5.91 Å². The molecule has 3 N–H and O–H groups in total. The van der Waals surface area contributed by atoms with Crippen LogP contribution in [0.1, 0.15) is 26.3 Å². The summed E-state index contributed by atoms with van der Waals surface area (Å²) in [5, 5.41) is 12.2. The summed E-state index contributed by atoms with van der Waals surface area (Å²) in [6.45, 7) is 6.36. The first-order valence-corrected chi connectivity index (χ1v) is 5.48. The Morgan fingerprint density at radius 3 is 2.28 bits per heavy atom. The number of hydrogen-bond acceptors (Lipinski definition) is 4. The second kappa shape index (κ2) is 5.32. The fourth-order valence-corrected chi connectivity index (χ4v) is 1.30. The van der Waals surface area contributed by atoms with Gasteiger partial charge in [0.1, 0.15) is 6.07 Å². The number of benzene rings is 1. The summed E-state index contributed by atoms with van der Waals surface area (Å²) in [6.07, 6.45) is 0. The zero-order valence-corrected chi connectivity index (χ0v) is 10.7. The molecule has 0 bridgehead atoms. The van der Waals surface area contributed by atoms with Crippen LogP contribution in [0.5, 0.6) is 0 Å². The second-order valence-corrected chi connectivity index (χ2v) is 4.88. The zero-order chi connectivity index (χ0) is 13.8. The lowest BCUT2D eigenvalue weighted by Gasteiger charge is -2.18. The summed E-state index contributed by atoms with van der Waals surface area (Å²) in [6, 6.07) is 9.22. The number of anilines is 1. The second-order valence-electron chi connectivity index (χ2n) is 4.88. The summed E-state index contributed by atoms with van der Waals surface area (Å²) in [4.78, 5) is 10.8. The van der Waals surface area contributed by atoms with Crippen LogP contribution in [-0.2, 0) is 10.2 Å². The molecule has 0 aliphatic rings. The SMILES string of the molecule is CC(C)(C)c1ccc(N/N=C(/C#N)C(N)=O)cc1. The number of nitrogens with two attached hydrogens (primary N) is 1. The van der Waals surface area contributed by atoms with Crippen molar-refractivity contribution in [1.82, 2.24) is 0 Å². The van der Waals surface area contributed by atoms with Gasteiger partial charge in [-0.3, -0.25) is 10.2 Å². The molecule has 0 heterocycles. The highest BCUT2D eigenvalue weighted by atomic mass is 16.1. The first-order chi connectivity index (χ1) is 8.34. The van der Waals surface area contributed by atoms with E-state index in [1.165, 1.54) is 5.56 Å². The number of amides is 1. The molecule has 5 heteroatoms. The fourth-order valence-electron chi connectivity index (χ4n) is 1.30. The molecule has 0 fully saturated rings. The van der Waals surface area contributed by atoms with Gasteiger partial charge in [-0.15, -0.1) is 0 Å². The Morgan fingerprint density at radius 2 is 1.89 bits per heavy atom. The minimum absolute atomic E-state index is 0.0762. The third-order valence-electron chi connectivity index (χ3n) is 2.39. The maximum Gasteiger partial charge on any atom is 0.280 e. The number of carbonyl (C=O) groups is 1. The molecule has 94 valence electrons. The Balaban J connectivity index is 2.83. The van der Waals surface area contributed by atoms with Crippen LogP contribution in [0.4, 0.5) is 5.69 Å². The molecule has 1 amide bonds. The van der Waals surface area contributed by atoms with E-state index in [0.29, 0.717) is 5.69 Å². The lowest BCUT2D eigenvalue weighted by atomic mass is 9.87. The molecule has 0 radical (unpaired) electrons. The number of primary amides is 1. The molecule has 0 saturated heterocycles. The van der Waals surface area contributed by atoms with E-state index in [2.05, 4.69) is 31.3 Å². The van der Waals surface area contributed by atoms with Crippen LogP contribution in [-0.4, -0.2) is 11.6 Å². The Bertz CT molecular complexity index is 503. The van der Waals surface area contributed by atoms with E-state index in [1.54, 1.807) is 6.07 Å². The van der Waals surface area contributed by atoms with Crippen molar-refractivity contribution in [2.45, 2.75) is 26.2 Å². The van der Waals surface area contributed by atoms with E-state index in [-0.39, 0.29) is 11.1 Å². The Hall–Kier alpha value is -2.35. The molecule has 18 heavy (non-hydrogen) atoms.